The maximum absolute atomic E-state index is 12.8. The molecule has 2 N–H and O–H groups in total. The number of anilines is 1. The molecule has 1 amide bonds. The molecule has 192 valence electrons. The summed E-state index contributed by atoms with van der Waals surface area (Å²) in [6.07, 6.45) is -0.169. The van der Waals surface area contributed by atoms with Crippen molar-refractivity contribution in [1.82, 2.24) is 14.9 Å². The lowest BCUT2D eigenvalue weighted by Gasteiger charge is -2.23. The van der Waals surface area contributed by atoms with Gasteiger partial charge < -0.3 is 14.2 Å². The summed E-state index contributed by atoms with van der Waals surface area (Å²) in [6.45, 7) is 5.14. The highest BCUT2D eigenvalue weighted by atomic mass is 32.2. The van der Waals surface area contributed by atoms with Gasteiger partial charge in [-0.3, -0.25) is 9.10 Å². The largest absolute Gasteiger partial charge is 0.493 e. The number of fused-ring (bicyclic) bond motifs is 2. The van der Waals surface area contributed by atoms with Gasteiger partial charge in [-0.05, 0) is 56.5 Å². The highest BCUT2D eigenvalue weighted by molar-refractivity contribution is 7.91. The Balaban J connectivity index is 1.61. The first-order valence-electron chi connectivity index (χ1n) is 11.2. The molecule has 0 fully saturated rings. The van der Waals surface area contributed by atoms with Crippen LogP contribution in [0.25, 0.3) is 10.8 Å². The predicted molar refractivity (Wildman–Crippen MR) is 134 cm³/mol. The molecule has 0 bridgehead atoms. The van der Waals surface area contributed by atoms with Crippen LogP contribution in [0.15, 0.2) is 35.1 Å². The zero-order chi connectivity index (χ0) is 26.3. The Kier molecular flexibility index (Phi) is 6.56. The molecule has 0 spiro atoms. The van der Waals surface area contributed by atoms with E-state index in [1.807, 2.05) is 10.8 Å². The first-order chi connectivity index (χ1) is 16.9. The van der Waals surface area contributed by atoms with Crippen LogP contribution in [0.5, 0.6) is 11.5 Å². The average molecular weight is 517 g/mol. The van der Waals surface area contributed by atoms with E-state index in [4.69, 9.17) is 14.2 Å². The molecule has 4 rings (SSSR count). The summed E-state index contributed by atoms with van der Waals surface area (Å²) in [5.74, 6) is 0.914. The Morgan fingerprint density at radius 1 is 1.11 bits per heavy atom. The summed E-state index contributed by atoms with van der Waals surface area (Å²) in [6, 6.07) is 8.72. The number of hydrogen-bond donors (Lipinski definition) is 2. The van der Waals surface area contributed by atoms with Crippen LogP contribution in [0.1, 0.15) is 37.6 Å². The molecule has 11 nitrogen and oxygen atoms in total. The number of hydrogen-bond acceptors (Lipinski definition) is 8. The number of benzene rings is 2. The minimum atomic E-state index is -4.13. The van der Waals surface area contributed by atoms with Crippen molar-refractivity contribution in [1.29, 1.82) is 0 Å². The number of ether oxygens (including phenoxy) is 3. The number of aromatic nitrogens is 2. The molecule has 2 heterocycles. The Morgan fingerprint density at radius 2 is 1.78 bits per heavy atom. The number of methoxy groups -OCH3 is 2. The maximum atomic E-state index is 12.8. The molecular formula is C24H28N4O7S. The van der Waals surface area contributed by atoms with E-state index in [1.165, 1.54) is 14.2 Å². The lowest BCUT2D eigenvalue weighted by Crippen LogP contribution is -2.44. The van der Waals surface area contributed by atoms with Crippen molar-refractivity contribution < 1.29 is 27.4 Å². The first-order valence-corrected chi connectivity index (χ1v) is 12.6. The quantitative estimate of drug-likeness (QED) is 0.510. The zero-order valence-corrected chi connectivity index (χ0v) is 21.5. The number of nitrogens with one attached hydrogen (secondary N) is 2. The van der Waals surface area contributed by atoms with E-state index in [0.29, 0.717) is 46.5 Å². The third kappa shape index (κ3) is 5.08. The van der Waals surface area contributed by atoms with Gasteiger partial charge in [0.25, 0.3) is 5.56 Å². The Bertz CT molecular complexity index is 1490. The van der Waals surface area contributed by atoms with Crippen molar-refractivity contribution in [3.05, 3.63) is 57.5 Å². The molecule has 3 aromatic rings. The van der Waals surface area contributed by atoms with Gasteiger partial charge in [0.05, 0.1) is 31.0 Å². The lowest BCUT2D eigenvalue weighted by molar-refractivity contribution is 0.0570. The van der Waals surface area contributed by atoms with Crippen LogP contribution in [0.3, 0.4) is 0 Å². The number of amides is 1. The van der Waals surface area contributed by atoms with E-state index in [2.05, 4.69) is 10.2 Å². The minimum absolute atomic E-state index is 0.188. The molecule has 0 saturated heterocycles. The first kappa shape index (κ1) is 25.3. The van der Waals surface area contributed by atoms with E-state index < -0.39 is 21.9 Å². The lowest BCUT2D eigenvalue weighted by atomic mass is 10.0. The van der Waals surface area contributed by atoms with Gasteiger partial charge in [0.2, 0.25) is 0 Å². The number of carbonyl (C=O) groups excluding carboxylic acids is 1. The molecule has 0 atom stereocenters. The highest BCUT2D eigenvalue weighted by Gasteiger charge is 2.32. The van der Waals surface area contributed by atoms with Crippen molar-refractivity contribution in [2.45, 2.75) is 39.2 Å². The van der Waals surface area contributed by atoms with Gasteiger partial charge >= 0.3 is 16.3 Å². The second-order valence-corrected chi connectivity index (χ2v) is 10.9. The topological polar surface area (TPSA) is 140 Å². The van der Waals surface area contributed by atoms with Crippen LogP contribution in [-0.4, -0.2) is 51.1 Å². The minimum Gasteiger partial charge on any atom is -0.493 e. The fraction of sp³-hybridized carbons (Fsp3) is 0.375. The predicted octanol–water partition coefficient (Wildman–Crippen LogP) is 2.66. The van der Waals surface area contributed by atoms with Gasteiger partial charge in [-0.15, -0.1) is 0 Å². The van der Waals surface area contributed by atoms with Gasteiger partial charge in [-0.25, -0.2) is 14.6 Å². The average Bonchev–Trinajstić information content (AvgIpc) is 3.23. The van der Waals surface area contributed by atoms with Gasteiger partial charge in [-0.1, -0.05) is 12.1 Å². The van der Waals surface area contributed by atoms with E-state index >= 15 is 0 Å². The fourth-order valence-corrected chi connectivity index (χ4v) is 5.25. The molecule has 2 aromatic carbocycles. The van der Waals surface area contributed by atoms with Crippen molar-refractivity contribution in [2.75, 3.05) is 25.1 Å². The molecule has 0 radical (unpaired) electrons. The van der Waals surface area contributed by atoms with Crippen molar-refractivity contribution in [3.63, 3.8) is 0 Å². The summed E-state index contributed by atoms with van der Waals surface area (Å²) < 4.78 is 44.5. The molecule has 1 aliphatic heterocycles. The van der Waals surface area contributed by atoms with Crippen LogP contribution in [0, 0.1) is 0 Å². The third-order valence-corrected chi connectivity index (χ3v) is 7.03. The molecule has 12 heteroatoms. The van der Waals surface area contributed by atoms with Gasteiger partial charge in [0.15, 0.2) is 11.5 Å². The van der Waals surface area contributed by atoms with Gasteiger partial charge in [0, 0.05) is 18.4 Å². The Morgan fingerprint density at radius 3 is 2.42 bits per heavy atom. The molecule has 1 aromatic heterocycles. The summed E-state index contributed by atoms with van der Waals surface area (Å²) in [4.78, 5) is 24.4. The van der Waals surface area contributed by atoms with Crippen LogP contribution < -0.4 is 24.1 Å². The third-order valence-electron chi connectivity index (χ3n) is 5.64. The van der Waals surface area contributed by atoms with Crippen LogP contribution in [0.4, 0.5) is 10.5 Å². The molecule has 36 heavy (non-hydrogen) atoms. The summed E-state index contributed by atoms with van der Waals surface area (Å²) in [7, 11) is -1.12. The molecule has 0 saturated carbocycles. The summed E-state index contributed by atoms with van der Waals surface area (Å²) in [5.41, 5.74) is 1.63. The smallest absolute Gasteiger partial charge is 0.422 e. The standard InChI is InChI=1S/C24H28N4O7S/c1-24(2,3)35-23(30)27-36(31,32)28-9-8-15-10-14(6-7-19(15)28)11-18-16-12-20(33-4)21(34-5)13-17(16)22(29)26-25-18/h6-7,10,12-13H,8-9,11H2,1-5H3,(H,26,29)(H,27,30). The number of aromatic amines is 1. The van der Waals surface area contributed by atoms with Crippen molar-refractivity contribution in [2.24, 2.45) is 0 Å². The highest BCUT2D eigenvalue weighted by Crippen LogP contribution is 2.34. The number of rotatable bonds is 6. The van der Waals surface area contributed by atoms with Crippen LogP contribution >= 0.6 is 0 Å². The molecule has 0 aliphatic carbocycles. The second-order valence-electron chi connectivity index (χ2n) is 9.32. The summed E-state index contributed by atoms with van der Waals surface area (Å²) in [5, 5.41) is 7.81. The van der Waals surface area contributed by atoms with E-state index in [0.717, 1.165) is 15.4 Å². The van der Waals surface area contributed by atoms with Gasteiger partial charge in [0.1, 0.15) is 5.60 Å². The Labute approximate surface area is 208 Å². The summed E-state index contributed by atoms with van der Waals surface area (Å²) >= 11 is 0. The van der Waals surface area contributed by atoms with E-state index in [1.54, 1.807) is 45.0 Å². The van der Waals surface area contributed by atoms with Crippen LogP contribution in [-0.2, 0) is 27.8 Å². The van der Waals surface area contributed by atoms with Crippen molar-refractivity contribution >= 4 is 32.8 Å². The van der Waals surface area contributed by atoms with Crippen molar-refractivity contribution in [3.8, 4) is 11.5 Å². The molecule has 1 aliphatic rings. The Hall–Kier alpha value is -3.80. The number of H-pyrrole nitrogens is 1. The SMILES string of the molecule is COc1cc2c(Cc3ccc4c(c3)CCN4S(=O)(=O)NC(=O)OC(C)(C)C)n[nH]c(=O)c2cc1OC. The fourth-order valence-electron chi connectivity index (χ4n) is 4.12. The van der Waals surface area contributed by atoms with Gasteiger partial charge in [-0.2, -0.15) is 13.5 Å². The normalized spacial score (nSPS) is 13.4. The monoisotopic (exact) mass is 516 g/mol. The number of nitrogens with zero attached hydrogens (tertiary/aromatic N) is 2. The molecular weight excluding hydrogens is 488 g/mol. The second kappa shape index (κ2) is 9.34. The maximum Gasteiger partial charge on any atom is 0.422 e. The van der Waals surface area contributed by atoms with Crippen LogP contribution in [0.2, 0.25) is 0 Å². The van der Waals surface area contributed by atoms with E-state index in [-0.39, 0.29) is 12.1 Å². The molecule has 0 unspecified atom stereocenters. The zero-order valence-electron chi connectivity index (χ0n) is 20.7. The van der Waals surface area contributed by atoms with E-state index in [9.17, 15) is 18.0 Å². The number of carbonyl (C=O) groups is 1.